The minimum atomic E-state index is -3.33. The van der Waals surface area contributed by atoms with Gasteiger partial charge in [0.25, 0.3) is 0 Å². The Morgan fingerprint density at radius 3 is 1.93 bits per heavy atom. The fraction of sp³-hybridized carbons (Fsp3) is 0.217. The van der Waals surface area contributed by atoms with Gasteiger partial charge < -0.3 is 5.32 Å². The molecule has 0 saturated heterocycles. The molecule has 0 radical (unpaired) electrons. The standard InChI is InChI=1S/C23H25NO2S/c1-17(2)24-23(18-11-5-4-6-12-18)21-15-8-7-13-19(21)20-14-9-10-16-22(20)27(3,25)26/h4-17,23-24H,1-3H3. The minimum absolute atomic E-state index is 0.0324. The van der Waals surface area contributed by atoms with Gasteiger partial charge in [-0.05, 0) is 36.6 Å². The van der Waals surface area contributed by atoms with Crippen molar-refractivity contribution in [1.29, 1.82) is 0 Å². The van der Waals surface area contributed by atoms with E-state index in [0.717, 1.165) is 22.3 Å². The van der Waals surface area contributed by atoms with Crippen LogP contribution < -0.4 is 5.32 Å². The molecule has 140 valence electrons. The van der Waals surface area contributed by atoms with E-state index in [1.54, 1.807) is 12.1 Å². The maximum absolute atomic E-state index is 12.3. The Morgan fingerprint density at radius 2 is 1.30 bits per heavy atom. The Hall–Kier alpha value is -2.43. The summed E-state index contributed by atoms with van der Waals surface area (Å²) >= 11 is 0. The third-order valence-corrected chi connectivity index (χ3v) is 5.64. The van der Waals surface area contributed by atoms with Gasteiger partial charge in [-0.15, -0.1) is 0 Å². The number of benzene rings is 3. The van der Waals surface area contributed by atoms with Crippen LogP contribution >= 0.6 is 0 Å². The van der Waals surface area contributed by atoms with Crippen molar-refractivity contribution in [2.45, 2.75) is 30.8 Å². The van der Waals surface area contributed by atoms with Gasteiger partial charge in [0, 0.05) is 17.9 Å². The van der Waals surface area contributed by atoms with E-state index in [4.69, 9.17) is 0 Å². The molecule has 0 aliphatic rings. The number of rotatable bonds is 6. The van der Waals surface area contributed by atoms with Gasteiger partial charge in [-0.1, -0.05) is 72.8 Å². The molecule has 3 nitrogen and oxygen atoms in total. The van der Waals surface area contributed by atoms with Crippen molar-refractivity contribution in [2.75, 3.05) is 6.26 Å². The molecule has 1 atom stereocenters. The van der Waals surface area contributed by atoms with Crippen LogP contribution in [0.3, 0.4) is 0 Å². The number of hydrogen-bond acceptors (Lipinski definition) is 3. The lowest BCUT2D eigenvalue weighted by atomic mass is 9.90. The summed E-state index contributed by atoms with van der Waals surface area (Å²) in [5.74, 6) is 0. The summed E-state index contributed by atoms with van der Waals surface area (Å²) < 4.78 is 24.7. The van der Waals surface area contributed by atoms with Gasteiger partial charge in [-0.25, -0.2) is 8.42 Å². The molecule has 0 fully saturated rings. The van der Waals surface area contributed by atoms with E-state index >= 15 is 0 Å². The molecule has 3 aromatic rings. The average Bonchev–Trinajstić information content (AvgIpc) is 2.66. The van der Waals surface area contributed by atoms with E-state index in [0.29, 0.717) is 4.90 Å². The SMILES string of the molecule is CC(C)NC(c1ccccc1)c1ccccc1-c1ccccc1S(C)(=O)=O. The highest BCUT2D eigenvalue weighted by atomic mass is 32.2. The quantitative estimate of drug-likeness (QED) is 0.666. The van der Waals surface area contributed by atoms with Crippen LogP contribution in [-0.2, 0) is 9.84 Å². The monoisotopic (exact) mass is 379 g/mol. The zero-order valence-corrected chi connectivity index (χ0v) is 16.7. The van der Waals surface area contributed by atoms with Crippen molar-refractivity contribution < 1.29 is 8.42 Å². The first-order valence-corrected chi connectivity index (χ1v) is 11.0. The molecule has 0 spiro atoms. The lowest BCUT2D eigenvalue weighted by molar-refractivity contribution is 0.529. The molecule has 27 heavy (non-hydrogen) atoms. The number of nitrogens with one attached hydrogen (secondary N) is 1. The van der Waals surface area contributed by atoms with Crippen molar-refractivity contribution in [3.63, 3.8) is 0 Å². The Bertz CT molecular complexity index is 1010. The topological polar surface area (TPSA) is 46.2 Å². The van der Waals surface area contributed by atoms with E-state index in [1.807, 2.05) is 48.5 Å². The molecule has 0 heterocycles. The van der Waals surface area contributed by atoms with Crippen LogP contribution in [0.2, 0.25) is 0 Å². The molecular weight excluding hydrogens is 354 g/mol. The molecule has 0 amide bonds. The largest absolute Gasteiger partial charge is 0.304 e. The van der Waals surface area contributed by atoms with Crippen LogP contribution in [-0.4, -0.2) is 20.7 Å². The second kappa shape index (κ2) is 8.07. The summed E-state index contributed by atoms with van der Waals surface area (Å²) in [5.41, 5.74) is 3.88. The van der Waals surface area contributed by atoms with Gasteiger partial charge in [-0.2, -0.15) is 0 Å². The highest BCUT2D eigenvalue weighted by molar-refractivity contribution is 7.90. The van der Waals surface area contributed by atoms with E-state index in [1.165, 1.54) is 6.26 Å². The van der Waals surface area contributed by atoms with Crippen molar-refractivity contribution in [1.82, 2.24) is 5.32 Å². The molecule has 0 saturated carbocycles. The highest BCUT2D eigenvalue weighted by Crippen LogP contribution is 2.35. The Kier molecular flexibility index (Phi) is 5.78. The summed E-state index contributed by atoms with van der Waals surface area (Å²) in [6.07, 6.45) is 1.26. The summed E-state index contributed by atoms with van der Waals surface area (Å²) in [5, 5.41) is 3.63. The first kappa shape index (κ1) is 19.3. The number of sulfone groups is 1. The molecule has 0 aliphatic heterocycles. The molecule has 3 rings (SSSR count). The number of hydrogen-bond donors (Lipinski definition) is 1. The second-order valence-corrected chi connectivity index (χ2v) is 9.00. The fourth-order valence-electron chi connectivity index (χ4n) is 3.35. The molecule has 4 heteroatoms. The van der Waals surface area contributed by atoms with Gasteiger partial charge >= 0.3 is 0 Å². The van der Waals surface area contributed by atoms with Crippen molar-refractivity contribution >= 4 is 9.84 Å². The normalized spacial score (nSPS) is 12.9. The van der Waals surface area contributed by atoms with Crippen LogP contribution in [0.25, 0.3) is 11.1 Å². The summed E-state index contributed by atoms with van der Waals surface area (Å²) in [7, 11) is -3.33. The minimum Gasteiger partial charge on any atom is -0.304 e. The summed E-state index contributed by atoms with van der Waals surface area (Å²) in [6, 6.07) is 25.7. The fourth-order valence-corrected chi connectivity index (χ4v) is 4.25. The molecule has 1 unspecified atom stereocenters. The Labute approximate surface area is 162 Å². The molecular formula is C23H25NO2S. The molecule has 1 N–H and O–H groups in total. The van der Waals surface area contributed by atoms with Gasteiger partial charge in [0.1, 0.15) is 0 Å². The molecule has 0 aromatic heterocycles. The zero-order chi connectivity index (χ0) is 19.4. The lowest BCUT2D eigenvalue weighted by Crippen LogP contribution is -2.29. The Balaban J connectivity index is 2.22. The van der Waals surface area contributed by atoms with Crippen LogP contribution in [0.4, 0.5) is 0 Å². The second-order valence-electron chi connectivity index (χ2n) is 7.02. The van der Waals surface area contributed by atoms with Crippen LogP contribution in [0.15, 0.2) is 83.8 Å². The maximum atomic E-state index is 12.3. The third-order valence-electron chi connectivity index (χ3n) is 4.48. The molecule has 0 aliphatic carbocycles. The van der Waals surface area contributed by atoms with Crippen LogP contribution in [0.1, 0.15) is 31.0 Å². The van der Waals surface area contributed by atoms with Crippen LogP contribution in [0.5, 0.6) is 0 Å². The summed E-state index contributed by atoms with van der Waals surface area (Å²) in [4.78, 5) is 0.355. The van der Waals surface area contributed by atoms with Gasteiger partial charge in [0.2, 0.25) is 0 Å². The van der Waals surface area contributed by atoms with Gasteiger partial charge in [0.05, 0.1) is 10.9 Å². The average molecular weight is 380 g/mol. The van der Waals surface area contributed by atoms with E-state index in [2.05, 4.69) is 37.4 Å². The predicted octanol–water partition coefficient (Wildman–Crippen LogP) is 4.84. The lowest BCUT2D eigenvalue weighted by Gasteiger charge is -2.25. The highest BCUT2D eigenvalue weighted by Gasteiger charge is 2.22. The predicted molar refractivity (Wildman–Crippen MR) is 112 cm³/mol. The zero-order valence-electron chi connectivity index (χ0n) is 15.9. The Morgan fingerprint density at radius 1 is 0.741 bits per heavy atom. The van der Waals surface area contributed by atoms with Gasteiger partial charge in [0.15, 0.2) is 9.84 Å². The van der Waals surface area contributed by atoms with E-state index in [9.17, 15) is 8.42 Å². The smallest absolute Gasteiger partial charge is 0.176 e. The molecule has 0 bridgehead atoms. The summed E-state index contributed by atoms with van der Waals surface area (Å²) in [6.45, 7) is 4.23. The molecule has 3 aromatic carbocycles. The van der Waals surface area contributed by atoms with E-state index in [-0.39, 0.29) is 12.1 Å². The van der Waals surface area contributed by atoms with Crippen molar-refractivity contribution in [2.24, 2.45) is 0 Å². The van der Waals surface area contributed by atoms with Crippen LogP contribution in [0, 0.1) is 0 Å². The maximum Gasteiger partial charge on any atom is 0.176 e. The van der Waals surface area contributed by atoms with Crippen molar-refractivity contribution in [3.05, 3.63) is 90.0 Å². The third kappa shape index (κ3) is 4.46. The van der Waals surface area contributed by atoms with Crippen molar-refractivity contribution in [3.8, 4) is 11.1 Å². The van der Waals surface area contributed by atoms with Gasteiger partial charge in [-0.3, -0.25) is 0 Å². The first-order chi connectivity index (χ1) is 12.9. The van der Waals surface area contributed by atoms with E-state index < -0.39 is 9.84 Å². The first-order valence-electron chi connectivity index (χ1n) is 9.07.